The molecule has 0 radical (unpaired) electrons. The van der Waals surface area contributed by atoms with Crippen LogP contribution in [0.4, 0.5) is 22.7 Å². The molecule has 436 valence electrons. The Hall–Kier alpha value is -8.24. The summed E-state index contributed by atoms with van der Waals surface area (Å²) in [5.74, 6) is 0. The molecule has 0 aliphatic heterocycles. The van der Waals surface area contributed by atoms with Crippen LogP contribution in [0.1, 0.15) is 75.6 Å². The standard InChI is InChI=1S/C68H85N11O4/c1-8-76(57-35-37-61-63(47-57)67(82)73-71-65(61)80)43-14-12-39-69-41-45-78(10-3)55-31-25-52(26-32-55)59(50-21-19-49(5)20-22-50)17-16-18-60(51-23-29-54(30-24-51)75(6)7)53-27-33-56(34-28-53)79(11-4)46-42-70-40-13-15-44-77(9-2)58-36-38-62-64(48-58)68(83)74-72-66(62)81/h16-38,47-48,54,69-70H,8-15,39-46H2,1-7H3,(H,71,80)(H,72,81)(H,73,82)(H,74,83). The Kier molecular flexibility index (Phi) is 22.1. The molecule has 1 aliphatic carbocycles. The van der Waals surface area contributed by atoms with Gasteiger partial charge in [-0.05, 0) is 182 Å². The summed E-state index contributed by atoms with van der Waals surface area (Å²) in [6.45, 7) is 21.3. The Morgan fingerprint density at radius 3 is 1.30 bits per heavy atom. The molecule has 0 unspecified atom stereocenters. The Bertz CT molecular complexity index is 3630. The lowest BCUT2D eigenvalue weighted by molar-refractivity contribution is 0.390. The van der Waals surface area contributed by atoms with Crippen molar-refractivity contribution >= 4 is 55.4 Å². The van der Waals surface area contributed by atoms with Crippen molar-refractivity contribution in [1.82, 2.24) is 35.9 Å². The maximum Gasteiger partial charge on any atom is 0.270 e. The second-order valence-electron chi connectivity index (χ2n) is 21.4. The van der Waals surface area contributed by atoms with Gasteiger partial charge in [0.2, 0.25) is 0 Å². The third-order valence-electron chi connectivity index (χ3n) is 15.8. The van der Waals surface area contributed by atoms with Crippen molar-refractivity contribution in [1.29, 1.82) is 0 Å². The Labute approximate surface area is 488 Å². The van der Waals surface area contributed by atoms with Crippen LogP contribution in [0.2, 0.25) is 0 Å². The number of benzene rings is 5. The van der Waals surface area contributed by atoms with Gasteiger partial charge in [-0.3, -0.25) is 44.5 Å². The zero-order valence-corrected chi connectivity index (χ0v) is 49.7. The van der Waals surface area contributed by atoms with Crippen molar-refractivity contribution in [2.45, 2.75) is 66.3 Å². The van der Waals surface area contributed by atoms with Crippen LogP contribution in [-0.4, -0.2) is 124 Å². The number of rotatable bonds is 30. The maximum atomic E-state index is 12.4. The van der Waals surface area contributed by atoms with E-state index in [0.29, 0.717) is 21.5 Å². The van der Waals surface area contributed by atoms with E-state index in [-0.39, 0.29) is 28.3 Å². The summed E-state index contributed by atoms with van der Waals surface area (Å²) in [7, 11) is 4.21. The summed E-state index contributed by atoms with van der Waals surface area (Å²) in [4.78, 5) is 60.8. The van der Waals surface area contributed by atoms with Gasteiger partial charge in [-0.15, -0.1) is 0 Å². The van der Waals surface area contributed by atoms with Crippen molar-refractivity contribution in [3.05, 3.63) is 221 Å². The molecule has 0 fully saturated rings. The highest BCUT2D eigenvalue weighted by atomic mass is 16.2. The first-order valence-electron chi connectivity index (χ1n) is 29.7. The second-order valence-corrected chi connectivity index (χ2v) is 21.4. The molecule has 0 spiro atoms. The minimum Gasteiger partial charge on any atom is -0.372 e. The zero-order chi connectivity index (χ0) is 58.7. The Morgan fingerprint density at radius 1 is 0.470 bits per heavy atom. The number of unbranched alkanes of at least 4 members (excludes halogenated alkanes) is 2. The molecule has 6 N–H and O–H groups in total. The topological polar surface area (TPSA) is 172 Å². The van der Waals surface area contributed by atoms with Gasteiger partial charge in [-0.2, -0.15) is 0 Å². The summed E-state index contributed by atoms with van der Waals surface area (Å²) < 4.78 is 0. The van der Waals surface area contributed by atoms with E-state index >= 15 is 0 Å². The number of likely N-dealkylation sites (N-methyl/N-ethyl adjacent to an activating group) is 3. The fraction of sp³-hybridized carbons (Fsp3) is 0.353. The van der Waals surface area contributed by atoms with E-state index in [1.807, 2.05) is 24.3 Å². The van der Waals surface area contributed by atoms with Crippen LogP contribution < -0.4 is 52.5 Å². The highest BCUT2D eigenvalue weighted by molar-refractivity contribution is 5.87. The molecule has 7 aromatic rings. The normalized spacial score (nSPS) is 13.5. The molecule has 83 heavy (non-hydrogen) atoms. The van der Waals surface area contributed by atoms with E-state index in [2.05, 4.69) is 220 Å². The molecular formula is C68H85N11O4. The van der Waals surface area contributed by atoms with Gasteiger partial charge in [-0.25, -0.2) is 0 Å². The van der Waals surface area contributed by atoms with Crippen molar-refractivity contribution in [2.75, 3.05) is 112 Å². The van der Waals surface area contributed by atoms with Crippen LogP contribution in [0.25, 0.3) is 32.7 Å². The summed E-state index contributed by atoms with van der Waals surface area (Å²) in [6, 6.07) is 38.0. The van der Waals surface area contributed by atoms with E-state index in [0.717, 1.165) is 143 Å². The van der Waals surface area contributed by atoms with Gasteiger partial charge in [0.05, 0.1) is 21.5 Å². The van der Waals surface area contributed by atoms with Gasteiger partial charge in [0, 0.05) is 94.2 Å². The van der Waals surface area contributed by atoms with Crippen LogP contribution in [0.3, 0.4) is 0 Å². The summed E-state index contributed by atoms with van der Waals surface area (Å²) in [6.07, 6.45) is 19.8. The van der Waals surface area contributed by atoms with Gasteiger partial charge in [0.15, 0.2) is 0 Å². The molecule has 15 nitrogen and oxygen atoms in total. The number of hydrogen-bond acceptors (Lipinski definition) is 11. The number of allylic oxidation sites excluding steroid dienone is 7. The molecule has 15 heteroatoms. The molecule has 5 aromatic carbocycles. The lowest BCUT2D eigenvalue weighted by atomic mass is 9.93. The van der Waals surface area contributed by atoms with Crippen molar-refractivity contribution in [3.8, 4) is 0 Å². The number of fused-ring (bicyclic) bond motifs is 2. The number of aryl methyl sites for hydroxylation is 1. The first kappa shape index (κ1) is 60.8. The van der Waals surface area contributed by atoms with Crippen molar-refractivity contribution in [3.63, 3.8) is 0 Å². The van der Waals surface area contributed by atoms with E-state index in [1.54, 1.807) is 12.1 Å². The number of hydrogen-bond donors (Lipinski definition) is 6. The number of H-pyrrole nitrogens is 4. The quantitative estimate of drug-likeness (QED) is 0.0187. The highest BCUT2D eigenvalue weighted by Crippen LogP contribution is 2.30. The molecule has 8 rings (SSSR count). The van der Waals surface area contributed by atoms with Gasteiger partial charge >= 0.3 is 0 Å². The van der Waals surface area contributed by atoms with E-state index in [4.69, 9.17) is 0 Å². The molecule has 0 bridgehead atoms. The van der Waals surface area contributed by atoms with Gasteiger partial charge < -0.3 is 30.2 Å². The highest BCUT2D eigenvalue weighted by Gasteiger charge is 2.15. The molecule has 2 heterocycles. The Balaban J connectivity index is 0.872. The zero-order valence-electron chi connectivity index (χ0n) is 49.7. The number of anilines is 4. The Morgan fingerprint density at radius 2 is 0.867 bits per heavy atom. The first-order chi connectivity index (χ1) is 40.4. The van der Waals surface area contributed by atoms with Crippen molar-refractivity contribution in [2.24, 2.45) is 0 Å². The predicted molar refractivity (Wildman–Crippen MR) is 349 cm³/mol. The number of nitrogens with one attached hydrogen (secondary N) is 6. The fourth-order valence-corrected chi connectivity index (χ4v) is 10.8. The van der Waals surface area contributed by atoms with E-state index in [9.17, 15) is 19.2 Å². The lowest BCUT2D eigenvalue weighted by Gasteiger charge is -2.24. The molecule has 0 atom stereocenters. The lowest BCUT2D eigenvalue weighted by Crippen LogP contribution is -2.32. The van der Waals surface area contributed by atoms with E-state index < -0.39 is 0 Å². The number of nitrogens with zero attached hydrogens (tertiary/aromatic N) is 5. The van der Waals surface area contributed by atoms with Crippen LogP contribution in [0, 0.1) is 6.92 Å². The van der Waals surface area contributed by atoms with Crippen LogP contribution >= 0.6 is 0 Å². The third-order valence-corrected chi connectivity index (χ3v) is 15.8. The van der Waals surface area contributed by atoms with Crippen molar-refractivity contribution < 1.29 is 0 Å². The monoisotopic (exact) mass is 1120 g/mol. The smallest absolute Gasteiger partial charge is 0.270 e. The first-order valence-corrected chi connectivity index (χ1v) is 29.7. The molecule has 0 saturated heterocycles. The van der Waals surface area contributed by atoms with Crippen LogP contribution in [-0.2, 0) is 0 Å². The number of aromatic amines is 4. The SMILES string of the molecule is CCN(CCCCNCCN(CC)c1ccc(C(=CC=CC(=C2C=CC(N(C)C)C=C2)c2ccc(N(CC)CCNCCCCN(CC)c3ccc4c(=O)[nH][nH]c(=O)c4c3)cc2)c2ccc(C)cc2)cc1)c1ccc2c(=O)[nH][nH]c(=O)c2c1. The average molecular weight is 1120 g/mol. The second kappa shape index (κ2) is 30.2. The average Bonchev–Trinajstić information content (AvgIpc) is 3.65. The van der Waals surface area contributed by atoms with Gasteiger partial charge in [0.1, 0.15) is 0 Å². The van der Waals surface area contributed by atoms with Crippen LogP contribution in [0.15, 0.2) is 176 Å². The minimum atomic E-state index is -0.292. The molecular weight excluding hydrogens is 1030 g/mol. The maximum absolute atomic E-state index is 12.4. The molecule has 0 amide bonds. The largest absolute Gasteiger partial charge is 0.372 e. The predicted octanol–water partition coefficient (Wildman–Crippen LogP) is 10.00. The molecule has 0 saturated carbocycles. The summed E-state index contributed by atoms with van der Waals surface area (Å²) >= 11 is 0. The minimum absolute atomic E-state index is 0.237. The molecule has 1 aliphatic rings. The fourth-order valence-electron chi connectivity index (χ4n) is 10.8. The van der Waals surface area contributed by atoms with Gasteiger partial charge in [-0.1, -0.05) is 96.6 Å². The number of aromatic nitrogens is 4. The summed E-state index contributed by atoms with van der Waals surface area (Å²) in [5.41, 5.74) is 11.3. The third kappa shape index (κ3) is 16.1. The molecule has 2 aromatic heterocycles. The van der Waals surface area contributed by atoms with Gasteiger partial charge in [0.25, 0.3) is 22.2 Å². The van der Waals surface area contributed by atoms with E-state index in [1.165, 1.54) is 22.5 Å². The summed E-state index contributed by atoms with van der Waals surface area (Å²) in [5, 5.41) is 18.6. The van der Waals surface area contributed by atoms with Crippen LogP contribution in [0.5, 0.6) is 0 Å².